The van der Waals surface area contributed by atoms with Crippen LogP contribution in [0.25, 0.3) is 22.2 Å². The number of hydrogen-bond acceptors (Lipinski definition) is 5. The van der Waals surface area contributed by atoms with Gasteiger partial charge in [0.05, 0.1) is 24.4 Å². The van der Waals surface area contributed by atoms with Crippen LogP contribution in [-0.2, 0) is 6.54 Å². The maximum Gasteiger partial charge on any atom is 0.335 e. The summed E-state index contributed by atoms with van der Waals surface area (Å²) in [6, 6.07) is 11.0. The second-order valence-corrected chi connectivity index (χ2v) is 10.4. The molecular formula is C29H36FN3O4. The highest BCUT2D eigenvalue weighted by atomic mass is 19.1. The molecule has 2 aromatic carbocycles. The molecule has 0 bridgehead atoms. The molecule has 1 aliphatic carbocycles. The van der Waals surface area contributed by atoms with E-state index in [2.05, 4.69) is 14.8 Å². The Labute approximate surface area is 217 Å². The molecule has 1 aromatic heterocycles. The minimum Gasteiger partial charge on any atom is -0.497 e. The summed E-state index contributed by atoms with van der Waals surface area (Å²) in [6.07, 6.45) is 2.25. The summed E-state index contributed by atoms with van der Waals surface area (Å²) in [6.45, 7) is 2.68. The number of likely N-dealkylation sites (N-methyl/N-ethyl adjacent to an activating group) is 1. The van der Waals surface area contributed by atoms with Gasteiger partial charge in [-0.25, -0.2) is 9.18 Å². The molecule has 8 heteroatoms. The van der Waals surface area contributed by atoms with E-state index in [1.807, 2.05) is 38.4 Å². The van der Waals surface area contributed by atoms with E-state index < -0.39 is 12.1 Å². The number of carboxylic acid groups (broad SMARTS) is 1. The van der Waals surface area contributed by atoms with Crippen LogP contribution in [0.2, 0.25) is 0 Å². The van der Waals surface area contributed by atoms with Crippen molar-refractivity contribution < 1.29 is 23.8 Å². The normalized spacial score (nSPS) is 21.6. The van der Waals surface area contributed by atoms with Crippen LogP contribution in [0.15, 0.2) is 36.4 Å². The molecule has 1 fully saturated rings. The smallest absolute Gasteiger partial charge is 0.335 e. The average Bonchev–Trinajstić information content (AvgIpc) is 3.18. The topological polar surface area (TPSA) is 76.0 Å². The van der Waals surface area contributed by atoms with Gasteiger partial charge < -0.3 is 29.4 Å². The summed E-state index contributed by atoms with van der Waals surface area (Å²) in [7, 11) is 5.70. The van der Waals surface area contributed by atoms with E-state index in [0.29, 0.717) is 31.1 Å². The van der Waals surface area contributed by atoms with Gasteiger partial charge in [-0.15, -0.1) is 0 Å². The number of fused-ring (bicyclic) bond motifs is 5. The highest BCUT2D eigenvalue weighted by molar-refractivity contribution is 5.98. The zero-order valence-electron chi connectivity index (χ0n) is 21.8. The first-order valence-electron chi connectivity index (χ1n) is 13.1. The van der Waals surface area contributed by atoms with E-state index in [4.69, 9.17) is 9.47 Å². The quantitative estimate of drug-likeness (QED) is 0.471. The number of methoxy groups -OCH3 is 1. The van der Waals surface area contributed by atoms with Crippen LogP contribution in [0.3, 0.4) is 0 Å². The van der Waals surface area contributed by atoms with Crippen molar-refractivity contribution in [3.8, 4) is 22.8 Å². The number of aromatic carboxylic acids is 1. The lowest BCUT2D eigenvalue weighted by Crippen LogP contribution is -2.42. The maximum atomic E-state index is 15.5. The van der Waals surface area contributed by atoms with E-state index in [1.54, 1.807) is 19.2 Å². The van der Waals surface area contributed by atoms with Crippen molar-refractivity contribution in [1.82, 2.24) is 14.8 Å². The van der Waals surface area contributed by atoms with Crippen LogP contribution in [0.4, 0.5) is 4.39 Å². The molecule has 0 radical (unpaired) electrons. The summed E-state index contributed by atoms with van der Waals surface area (Å²) in [5.74, 6) is 0.154. The van der Waals surface area contributed by atoms with E-state index in [-0.39, 0.29) is 17.5 Å². The summed E-state index contributed by atoms with van der Waals surface area (Å²) in [5.41, 5.74) is 3.82. The average molecular weight is 510 g/mol. The lowest BCUT2D eigenvalue weighted by molar-refractivity contribution is 0.0697. The summed E-state index contributed by atoms with van der Waals surface area (Å²) >= 11 is 0. The zero-order chi connectivity index (χ0) is 26.1. The molecule has 2 aliphatic rings. The van der Waals surface area contributed by atoms with Gasteiger partial charge in [0.1, 0.15) is 24.3 Å². The molecule has 0 amide bonds. The molecule has 5 rings (SSSR count). The fourth-order valence-electron chi connectivity index (χ4n) is 5.80. The standard InChI is InChI=1S/C29H36FN3O4/c1-32(2)13-12-31-19-16-33-25-14-18(29(34)35)8-10-22(25)27(21-6-4-5-7-24(21)30)28(33)23-11-9-20(36-3)15-26(23)37-17-19/h8-11,14-15,19,21,24,31H,4-7,12-13,16-17H2,1-3H3,(H,34,35)/t19?,21?,24-/m0/s1. The van der Waals surface area contributed by atoms with Crippen LogP contribution in [0, 0.1) is 0 Å². The number of rotatable bonds is 7. The molecule has 2 unspecified atom stereocenters. The lowest BCUT2D eigenvalue weighted by atomic mass is 9.80. The largest absolute Gasteiger partial charge is 0.497 e. The molecule has 1 aliphatic heterocycles. The number of benzene rings is 2. The van der Waals surface area contributed by atoms with Gasteiger partial charge >= 0.3 is 5.97 Å². The minimum atomic E-state index is -0.972. The Morgan fingerprint density at radius 1 is 1.22 bits per heavy atom. The number of carbonyl (C=O) groups is 1. The van der Waals surface area contributed by atoms with Crippen molar-refractivity contribution in [2.24, 2.45) is 0 Å². The zero-order valence-corrected chi connectivity index (χ0v) is 21.8. The third-order valence-electron chi connectivity index (χ3n) is 7.68. The van der Waals surface area contributed by atoms with Gasteiger partial charge in [-0.1, -0.05) is 18.9 Å². The van der Waals surface area contributed by atoms with Crippen LogP contribution >= 0.6 is 0 Å². The van der Waals surface area contributed by atoms with Gasteiger partial charge in [0.2, 0.25) is 0 Å². The monoisotopic (exact) mass is 509 g/mol. The number of carboxylic acids is 1. The van der Waals surface area contributed by atoms with Crippen LogP contribution < -0.4 is 14.8 Å². The number of aromatic nitrogens is 1. The van der Waals surface area contributed by atoms with Gasteiger partial charge in [-0.3, -0.25) is 0 Å². The number of nitrogens with zero attached hydrogens (tertiary/aromatic N) is 2. The third kappa shape index (κ3) is 5.05. The van der Waals surface area contributed by atoms with Crippen molar-refractivity contribution in [2.75, 3.05) is 40.9 Å². The Hall–Kier alpha value is -3.10. The lowest BCUT2D eigenvalue weighted by Gasteiger charge is -2.30. The molecule has 3 aromatic rings. The van der Waals surface area contributed by atoms with Crippen molar-refractivity contribution in [2.45, 2.75) is 50.4 Å². The molecular weight excluding hydrogens is 473 g/mol. The Bertz CT molecular complexity index is 1290. The molecule has 0 spiro atoms. The summed E-state index contributed by atoms with van der Waals surface area (Å²) < 4.78 is 29.6. The number of hydrogen-bond donors (Lipinski definition) is 2. The Balaban J connectivity index is 1.74. The van der Waals surface area contributed by atoms with Gasteiger partial charge in [0.25, 0.3) is 0 Å². The number of ether oxygens (including phenoxy) is 2. The van der Waals surface area contributed by atoms with E-state index >= 15 is 4.39 Å². The van der Waals surface area contributed by atoms with Crippen molar-refractivity contribution in [3.05, 3.63) is 47.5 Å². The molecule has 7 nitrogen and oxygen atoms in total. The molecule has 3 atom stereocenters. The Kier molecular flexibility index (Phi) is 7.40. The van der Waals surface area contributed by atoms with E-state index in [1.165, 1.54) is 0 Å². The number of alkyl halides is 1. The predicted molar refractivity (Wildman–Crippen MR) is 143 cm³/mol. The van der Waals surface area contributed by atoms with E-state index in [0.717, 1.165) is 60.1 Å². The Morgan fingerprint density at radius 3 is 2.76 bits per heavy atom. The molecule has 37 heavy (non-hydrogen) atoms. The summed E-state index contributed by atoms with van der Waals surface area (Å²) in [4.78, 5) is 14.0. The second kappa shape index (κ2) is 10.7. The van der Waals surface area contributed by atoms with Crippen LogP contribution in [-0.4, -0.2) is 73.7 Å². The number of nitrogens with one attached hydrogen (secondary N) is 1. The molecule has 198 valence electrons. The third-order valence-corrected chi connectivity index (χ3v) is 7.68. The molecule has 2 N–H and O–H groups in total. The second-order valence-electron chi connectivity index (χ2n) is 10.4. The Morgan fingerprint density at radius 2 is 2.03 bits per heavy atom. The van der Waals surface area contributed by atoms with Crippen molar-refractivity contribution in [3.63, 3.8) is 0 Å². The number of halogens is 1. The minimum absolute atomic E-state index is 0.0254. The SMILES string of the molecule is COc1ccc2c(c1)OCC(NCCN(C)C)Cn1c-2c(C2CCCC[C@@H]2F)c2ccc(C(=O)O)cc21. The molecule has 0 saturated heterocycles. The van der Waals surface area contributed by atoms with E-state index in [9.17, 15) is 9.90 Å². The molecule has 2 heterocycles. The molecule has 1 saturated carbocycles. The first kappa shape index (κ1) is 25.5. The highest BCUT2D eigenvalue weighted by Crippen LogP contribution is 2.48. The van der Waals surface area contributed by atoms with Crippen LogP contribution in [0.5, 0.6) is 11.5 Å². The van der Waals surface area contributed by atoms with Gasteiger partial charge in [0.15, 0.2) is 0 Å². The predicted octanol–water partition coefficient (Wildman–Crippen LogP) is 4.92. The van der Waals surface area contributed by atoms with Gasteiger partial charge in [-0.05, 0) is 56.8 Å². The first-order valence-corrected chi connectivity index (χ1v) is 13.1. The van der Waals surface area contributed by atoms with Crippen LogP contribution in [0.1, 0.15) is 47.5 Å². The maximum absolute atomic E-state index is 15.5. The van der Waals surface area contributed by atoms with Crippen molar-refractivity contribution >= 4 is 16.9 Å². The first-order chi connectivity index (χ1) is 17.9. The fraction of sp³-hybridized carbons (Fsp3) is 0.483. The van der Waals surface area contributed by atoms with Gasteiger partial charge in [0, 0.05) is 48.1 Å². The summed E-state index contributed by atoms with van der Waals surface area (Å²) in [5, 5.41) is 14.3. The fourth-order valence-corrected chi connectivity index (χ4v) is 5.80. The van der Waals surface area contributed by atoms with Crippen molar-refractivity contribution in [1.29, 1.82) is 0 Å². The highest BCUT2D eigenvalue weighted by Gasteiger charge is 2.35. The van der Waals surface area contributed by atoms with Gasteiger partial charge in [-0.2, -0.15) is 0 Å².